The molecule has 23 heavy (non-hydrogen) atoms. The molecule has 0 aliphatic carbocycles. The number of hydrogen-bond acceptors (Lipinski definition) is 4. The number of amides is 1. The third-order valence-electron chi connectivity index (χ3n) is 4.37. The Balaban J connectivity index is 1.88. The van der Waals surface area contributed by atoms with E-state index >= 15 is 0 Å². The van der Waals surface area contributed by atoms with Gasteiger partial charge in [-0.25, -0.2) is 4.79 Å². The average Bonchev–Trinajstić information content (AvgIpc) is 3.00. The monoisotopic (exact) mass is 322 g/mol. The number of likely N-dealkylation sites (tertiary alicyclic amines) is 1. The van der Waals surface area contributed by atoms with Crippen molar-refractivity contribution in [1.29, 1.82) is 0 Å². The molecule has 2 rings (SSSR count). The summed E-state index contributed by atoms with van der Waals surface area (Å²) in [5.74, 6) is 0.436. The van der Waals surface area contributed by atoms with Gasteiger partial charge < -0.3 is 19.4 Å². The second-order valence-corrected chi connectivity index (χ2v) is 7.56. The number of furan rings is 1. The zero-order valence-corrected chi connectivity index (χ0v) is 15.0. The Morgan fingerprint density at radius 3 is 2.78 bits per heavy atom. The third kappa shape index (κ3) is 5.27. The Kier molecular flexibility index (Phi) is 5.74. The van der Waals surface area contributed by atoms with E-state index in [1.54, 1.807) is 12.5 Å². The van der Waals surface area contributed by atoms with Crippen LogP contribution >= 0.6 is 0 Å². The van der Waals surface area contributed by atoms with Gasteiger partial charge in [0.25, 0.3) is 0 Å². The fourth-order valence-electron chi connectivity index (χ4n) is 3.06. The fourth-order valence-corrected chi connectivity index (χ4v) is 3.06. The first kappa shape index (κ1) is 17.9. The number of nitrogens with zero attached hydrogens (tertiary/aromatic N) is 1. The van der Waals surface area contributed by atoms with Crippen molar-refractivity contribution in [1.82, 2.24) is 10.2 Å². The summed E-state index contributed by atoms with van der Waals surface area (Å²) in [7, 11) is 0. The minimum Gasteiger partial charge on any atom is -0.472 e. The Labute approximate surface area is 139 Å². The lowest BCUT2D eigenvalue weighted by Gasteiger charge is -2.37. The number of carbonyl (C=O) groups excluding carboxylic acids is 1. The lowest BCUT2D eigenvalue weighted by atomic mass is 9.91. The molecule has 2 heterocycles. The van der Waals surface area contributed by atoms with Crippen molar-refractivity contribution in [2.75, 3.05) is 13.1 Å². The number of hydrogen-bond donors (Lipinski definition) is 1. The maximum atomic E-state index is 12.3. The molecule has 5 heteroatoms. The van der Waals surface area contributed by atoms with Gasteiger partial charge in [0.15, 0.2) is 0 Å². The molecule has 1 N–H and O–H groups in total. The summed E-state index contributed by atoms with van der Waals surface area (Å²) in [6.45, 7) is 11.6. The molecule has 3 atom stereocenters. The van der Waals surface area contributed by atoms with Crippen LogP contribution in [0.25, 0.3) is 0 Å². The molecule has 0 saturated carbocycles. The largest absolute Gasteiger partial charge is 0.472 e. The molecule has 1 fully saturated rings. The van der Waals surface area contributed by atoms with E-state index in [2.05, 4.69) is 19.2 Å². The van der Waals surface area contributed by atoms with E-state index in [1.165, 1.54) is 0 Å². The summed E-state index contributed by atoms with van der Waals surface area (Å²) >= 11 is 0. The normalized spacial score (nSPS) is 21.8. The molecule has 0 spiro atoms. The van der Waals surface area contributed by atoms with Crippen LogP contribution in [-0.4, -0.2) is 35.7 Å². The maximum Gasteiger partial charge on any atom is 0.410 e. The Bertz CT molecular complexity index is 493. The molecule has 0 bridgehead atoms. The molecule has 1 saturated heterocycles. The molecule has 5 nitrogen and oxygen atoms in total. The second-order valence-electron chi connectivity index (χ2n) is 7.56. The van der Waals surface area contributed by atoms with E-state index in [1.807, 2.05) is 31.7 Å². The molecular weight excluding hydrogens is 292 g/mol. The van der Waals surface area contributed by atoms with E-state index in [-0.39, 0.29) is 12.1 Å². The summed E-state index contributed by atoms with van der Waals surface area (Å²) in [6.07, 6.45) is 5.43. The zero-order valence-electron chi connectivity index (χ0n) is 15.0. The number of nitrogens with one attached hydrogen (secondary N) is 1. The number of carbonyl (C=O) groups is 1. The first-order valence-corrected chi connectivity index (χ1v) is 8.52. The minimum atomic E-state index is -0.441. The predicted octanol–water partition coefficient (Wildman–Crippen LogP) is 3.97. The Morgan fingerprint density at radius 1 is 1.43 bits per heavy atom. The van der Waals surface area contributed by atoms with Crippen LogP contribution in [0.1, 0.15) is 59.1 Å². The van der Waals surface area contributed by atoms with Crippen LogP contribution in [0.15, 0.2) is 23.0 Å². The lowest BCUT2D eigenvalue weighted by Crippen LogP contribution is -2.48. The van der Waals surface area contributed by atoms with Crippen LogP contribution in [0.4, 0.5) is 4.79 Å². The molecule has 1 amide bonds. The summed E-state index contributed by atoms with van der Waals surface area (Å²) in [6, 6.07) is 2.55. The highest BCUT2D eigenvalue weighted by atomic mass is 16.6. The van der Waals surface area contributed by atoms with Crippen LogP contribution in [-0.2, 0) is 4.74 Å². The minimum absolute atomic E-state index is 0.197. The SMILES string of the molecule is CC(NC(C)C1CCCN(C(=O)OC(C)(C)C)C1)c1ccoc1. The topological polar surface area (TPSA) is 54.7 Å². The fraction of sp³-hybridized carbons (Fsp3) is 0.722. The third-order valence-corrected chi connectivity index (χ3v) is 4.37. The van der Waals surface area contributed by atoms with Crippen molar-refractivity contribution in [3.05, 3.63) is 24.2 Å². The van der Waals surface area contributed by atoms with Gasteiger partial charge in [-0.2, -0.15) is 0 Å². The molecule has 1 aliphatic heterocycles. The van der Waals surface area contributed by atoms with E-state index in [0.29, 0.717) is 12.0 Å². The summed E-state index contributed by atoms with van der Waals surface area (Å²) in [5, 5.41) is 3.62. The van der Waals surface area contributed by atoms with E-state index in [0.717, 1.165) is 31.5 Å². The second kappa shape index (κ2) is 7.39. The van der Waals surface area contributed by atoms with Crippen molar-refractivity contribution in [2.24, 2.45) is 5.92 Å². The molecule has 3 unspecified atom stereocenters. The van der Waals surface area contributed by atoms with Crippen molar-refractivity contribution in [2.45, 2.75) is 65.1 Å². The molecule has 0 radical (unpaired) electrons. The van der Waals surface area contributed by atoms with Gasteiger partial charge in [-0.05, 0) is 59.4 Å². The highest BCUT2D eigenvalue weighted by molar-refractivity contribution is 5.68. The van der Waals surface area contributed by atoms with Crippen molar-refractivity contribution in [3.8, 4) is 0 Å². The maximum absolute atomic E-state index is 12.3. The van der Waals surface area contributed by atoms with Gasteiger partial charge in [0, 0.05) is 30.7 Å². The van der Waals surface area contributed by atoms with E-state index in [4.69, 9.17) is 9.15 Å². The van der Waals surface area contributed by atoms with Crippen molar-refractivity contribution < 1.29 is 13.9 Å². The molecule has 1 aromatic heterocycles. The van der Waals surface area contributed by atoms with Crippen LogP contribution in [0.3, 0.4) is 0 Å². The van der Waals surface area contributed by atoms with Gasteiger partial charge in [0.1, 0.15) is 5.60 Å². The van der Waals surface area contributed by atoms with E-state index < -0.39 is 5.60 Å². The zero-order chi connectivity index (χ0) is 17.0. The summed E-state index contributed by atoms with van der Waals surface area (Å²) in [5.41, 5.74) is 0.709. The smallest absolute Gasteiger partial charge is 0.410 e. The van der Waals surface area contributed by atoms with Gasteiger partial charge in [0.2, 0.25) is 0 Å². The molecule has 1 aliphatic rings. The quantitative estimate of drug-likeness (QED) is 0.911. The van der Waals surface area contributed by atoms with Crippen molar-refractivity contribution >= 4 is 6.09 Å². The first-order chi connectivity index (χ1) is 10.8. The average molecular weight is 322 g/mol. The van der Waals surface area contributed by atoms with Gasteiger partial charge >= 0.3 is 6.09 Å². The van der Waals surface area contributed by atoms with Crippen LogP contribution in [0.5, 0.6) is 0 Å². The van der Waals surface area contributed by atoms with Gasteiger partial charge in [-0.3, -0.25) is 0 Å². The number of ether oxygens (including phenoxy) is 1. The van der Waals surface area contributed by atoms with Gasteiger partial charge in [-0.15, -0.1) is 0 Å². The number of rotatable bonds is 4. The Hall–Kier alpha value is -1.49. The number of piperidine rings is 1. The molecule has 0 aromatic carbocycles. The van der Waals surface area contributed by atoms with E-state index in [9.17, 15) is 4.79 Å². The highest BCUT2D eigenvalue weighted by Crippen LogP contribution is 2.24. The van der Waals surface area contributed by atoms with Crippen molar-refractivity contribution in [3.63, 3.8) is 0 Å². The standard InChI is InChI=1S/C18H30N2O3/c1-13(19-14(2)16-8-10-22-12-16)15-7-6-9-20(11-15)17(21)23-18(3,4)5/h8,10,12-15,19H,6-7,9,11H2,1-5H3. The molecular formula is C18H30N2O3. The van der Waals surface area contributed by atoms with Crippen LogP contribution in [0, 0.1) is 5.92 Å². The van der Waals surface area contributed by atoms with Gasteiger partial charge in [-0.1, -0.05) is 0 Å². The molecule has 130 valence electrons. The summed E-state index contributed by atoms with van der Waals surface area (Å²) < 4.78 is 10.6. The highest BCUT2D eigenvalue weighted by Gasteiger charge is 2.30. The first-order valence-electron chi connectivity index (χ1n) is 8.52. The van der Waals surface area contributed by atoms with Crippen LogP contribution in [0.2, 0.25) is 0 Å². The van der Waals surface area contributed by atoms with Crippen LogP contribution < -0.4 is 5.32 Å². The Morgan fingerprint density at radius 2 is 2.17 bits per heavy atom. The lowest BCUT2D eigenvalue weighted by molar-refractivity contribution is 0.0146. The predicted molar refractivity (Wildman–Crippen MR) is 90.3 cm³/mol. The molecule has 1 aromatic rings. The van der Waals surface area contributed by atoms with Gasteiger partial charge in [0.05, 0.1) is 12.5 Å². The summed E-state index contributed by atoms with van der Waals surface area (Å²) in [4.78, 5) is 14.1.